The molecule has 78 valence electrons. The highest BCUT2D eigenvalue weighted by molar-refractivity contribution is 9.10. The number of rotatable bonds is 3. The Morgan fingerprint density at radius 3 is 2.71 bits per heavy atom. The van der Waals surface area contributed by atoms with Crippen LogP contribution >= 0.6 is 27.7 Å². The van der Waals surface area contributed by atoms with Gasteiger partial charge in [-0.2, -0.15) is 0 Å². The van der Waals surface area contributed by atoms with Crippen molar-refractivity contribution in [2.24, 2.45) is 5.73 Å². The quantitative estimate of drug-likeness (QED) is 0.835. The summed E-state index contributed by atoms with van der Waals surface area (Å²) in [7, 11) is 0. The van der Waals surface area contributed by atoms with E-state index in [1.807, 2.05) is 0 Å². The van der Waals surface area contributed by atoms with E-state index in [1.54, 1.807) is 12.3 Å². The molecule has 1 atom stereocenters. The summed E-state index contributed by atoms with van der Waals surface area (Å²) < 4.78 is 14.1. The van der Waals surface area contributed by atoms with Crippen LogP contribution < -0.4 is 5.73 Å². The zero-order valence-electron chi connectivity index (χ0n) is 7.63. The first-order chi connectivity index (χ1) is 6.60. The Morgan fingerprint density at radius 2 is 2.29 bits per heavy atom. The van der Waals surface area contributed by atoms with Gasteiger partial charge in [0, 0.05) is 11.0 Å². The molecular weight excluding hydrogens is 269 g/mol. The number of benzene rings is 1. The highest BCUT2D eigenvalue weighted by atomic mass is 79.9. The molecule has 1 unspecified atom stereocenters. The van der Waals surface area contributed by atoms with Gasteiger partial charge >= 0.3 is 0 Å². The van der Waals surface area contributed by atoms with E-state index in [0.717, 1.165) is 0 Å². The lowest BCUT2D eigenvalue weighted by Gasteiger charge is -2.11. The predicted octanol–water partition coefficient (Wildman–Crippen LogP) is 2.30. The summed E-state index contributed by atoms with van der Waals surface area (Å²) in [5.74, 6) is -0.339. The van der Waals surface area contributed by atoms with Gasteiger partial charge in [-0.05, 0) is 39.9 Å². The van der Waals surface area contributed by atoms with Gasteiger partial charge in [0.2, 0.25) is 0 Å². The van der Waals surface area contributed by atoms with Crippen LogP contribution in [0.25, 0.3) is 0 Å². The van der Waals surface area contributed by atoms with Crippen LogP contribution in [-0.2, 0) is 0 Å². The zero-order chi connectivity index (χ0) is 10.7. The Morgan fingerprint density at radius 1 is 1.64 bits per heavy atom. The smallest absolute Gasteiger partial charge is 0.138 e. The molecule has 5 heteroatoms. The van der Waals surface area contributed by atoms with Crippen molar-refractivity contribution in [1.82, 2.24) is 0 Å². The first-order valence-electron chi connectivity index (χ1n) is 4.01. The lowest BCUT2D eigenvalue weighted by atomic mass is 10.1. The predicted molar refractivity (Wildman–Crippen MR) is 59.9 cm³/mol. The maximum Gasteiger partial charge on any atom is 0.138 e. The number of aliphatic hydroxyl groups is 1. The van der Waals surface area contributed by atoms with Crippen molar-refractivity contribution in [3.05, 3.63) is 28.0 Å². The van der Waals surface area contributed by atoms with Gasteiger partial charge in [-0.1, -0.05) is 0 Å². The molecule has 0 aliphatic rings. The van der Waals surface area contributed by atoms with Crippen molar-refractivity contribution in [3.63, 3.8) is 0 Å². The van der Waals surface area contributed by atoms with Crippen LogP contribution in [0.2, 0.25) is 0 Å². The third kappa shape index (κ3) is 2.48. The van der Waals surface area contributed by atoms with Crippen LogP contribution in [0.5, 0.6) is 0 Å². The fourth-order valence-electron chi connectivity index (χ4n) is 1.10. The second-order valence-electron chi connectivity index (χ2n) is 2.77. The van der Waals surface area contributed by atoms with Gasteiger partial charge in [0.05, 0.1) is 11.0 Å². The van der Waals surface area contributed by atoms with Gasteiger partial charge < -0.3 is 10.8 Å². The van der Waals surface area contributed by atoms with E-state index >= 15 is 0 Å². The van der Waals surface area contributed by atoms with Crippen molar-refractivity contribution in [3.8, 4) is 0 Å². The summed E-state index contributed by atoms with van der Waals surface area (Å²) in [4.78, 5) is 0.540. The Hall–Kier alpha value is -0.100. The number of thioether (sulfide) groups is 1. The SMILES string of the molecule is CSc1c(F)cc(C(O)CN)cc1Br. The highest BCUT2D eigenvalue weighted by Crippen LogP contribution is 2.31. The van der Waals surface area contributed by atoms with E-state index in [4.69, 9.17) is 5.73 Å². The van der Waals surface area contributed by atoms with Crippen molar-refractivity contribution < 1.29 is 9.50 Å². The summed E-state index contributed by atoms with van der Waals surface area (Å²) in [5.41, 5.74) is 5.78. The number of halogens is 2. The normalized spacial score (nSPS) is 12.9. The number of nitrogens with two attached hydrogens (primary N) is 1. The monoisotopic (exact) mass is 279 g/mol. The van der Waals surface area contributed by atoms with Crippen LogP contribution in [0.15, 0.2) is 21.5 Å². The minimum atomic E-state index is -0.809. The molecule has 2 nitrogen and oxygen atoms in total. The third-order valence-corrected chi connectivity index (χ3v) is 3.54. The van der Waals surface area contributed by atoms with Crippen LogP contribution in [-0.4, -0.2) is 17.9 Å². The lowest BCUT2D eigenvalue weighted by Crippen LogP contribution is -2.11. The second-order valence-corrected chi connectivity index (χ2v) is 4.44. The first-order valence-corrected chi connectivity index (χ1v) is 6.03. The average molecular weight is 280 g/mol. The maximum absolute atomic E-state index is 13.4. The molecule has 0 aliphatic carbocycles. The topological polar surface area (TPSA) is 46.2 Å². The Kier molecular flexibility index (Phi) is 4.37. The van der Waals surface area contributed by atoms with E-state index in [0.29, 0.717) is 14.9 Å². The third-order valence-electron chi connectivity index (χ3n) is 1.83. The molecule has 0 aliphatic heterocycles. The molecule has 0 amide bonds. The van der Waals surface area contributed by atoms with Crippen LogP contribution in [0.4, 0.5) is 4.39 Å². The molecule has 1 rings (SSSR count). The van der Waals surface area contributed by atoms with Crippen LogP contribution in [0, 0.1) is 5.82 Å². The minimum Gasteiger partial charge on any atom is -0.387 e. The molecule has 0 bridgehead atoms. The summed E-state index contributed by atoms with van der Waals surface area (Å²) in [6, 6.07) is 3.00. The number of aliphatic hydroxyl groups excluding tert-OH is 1. The van der Waals surface area contributed by atoms with E-state index in [1.165, 1.54) is 17.8 Å². The molecule has 14 heavy (non-hydrogen) atoms. The summed E-state index contributed by atoms with van der Waals surface area (Å²) in [5, 5.41) is 9.42. The Bertz CT molecular complexity index is 312. The molecule has 1 aromatic carbocycles. The van der Waals surface area contributed by atoms with Gasteiger partial charge in [0.15, 0.2) is 0 Å². The molecule has 0 heterocycles. The Labute approximate surface area is 94.8 Å². The lowest BCUT2D eigenvalue weighted by molar-refractivity contribution is 0.186. The number of hydrogen-bond acceptors (Lipinski definition) is 3. The van der Waals surface area contributed by atoms with E-state index in [-0.39, 0.29) is 12.4 Å². The summed E-state index contributed by atoms with van der Waals surface area (Å²) in [6.45, 7) is 0.0878. The van der Waals surface area contributed by atoms with E-state index in [9.17, 15) is 9.50 Å². The fraction of sp³-hybridized carbons (Fsp3) is 0.333. The Balaban J connectivity index is 3.13. The minimum absolute atomic E-state index is 0.0878. The molecule has 0 saturated heterocycles. The summed E-state index contributed by atoms with van der Waals surface area (Å²) in [6.07, 6.45) is 0.985. The number of hydrogen-bond donors (Lipinski definition) is 2. The van der Waals surface area contributed by atoms with Gasteiger partial charge in [-0.15, -0.1) is 11.8 Å². The summed E-state index contributed by atoms with van der Waals surface area (Å²) >= 11 is 4.56. The molecule has 0 saturated carbocycles. The zero-order valence-corrected chi connectivity index (χ0v) is 10.0. The molecule has 1 aromatic rings. The van der Waals surface area contributed by atoms with Crippen molar-refractivity contribution >= 4 is 27.7 Å². The molecule has 0 fully saturated rings. The molecule has 0 radical (unpaired) electrons. The van der Waals surface area contributed by atoms with Gasteiger partial charge in [0.1, 0.15) is 5.82 Å². The largest absolute Gasteiger partial charge is 0.387 e. The van der Waals surface area contributed by atoms with E-state index < -0.39 is 6.10 Å². The van der Waals surface area contributed by atoms with E-state index in [2.05, 4.69) is 15.9 Å². The van der Waals surface area contributed by atoms with Crippen molar-refractivity contribution in [1.29, 1.82) is 0 Å². The van der Waals surface area contributed by atoms with Gasteiger partial charge in [0.25, 0.3) is 0 Å². The fourth-order valence-corrected chi connectivity index (χ4v) is 2.55. The highest BCUT2D eigenvalue weighted by Gasteiger charge is 2.12. The van der Waals surface area contributed by atoms with Crippen LogP contribution in [0.3, 0.4) is 0 Å². The average Bonchev–Trinajstić information content (AvgIpc) is 2.16. The first kappa shape index (κ1) is 12.0. The van der Waals surface area contributed by atoms with Gasteiger partial charge in [-0.3, -0.25) is 0 Å². The molecular formula is C9H11BrFNOS. The maximum atomic E-state index is 13.4. The van der Waals surface area contributed by atoms with Crippen LogP contribution in [0.1, 0.15) is 11.7 Å². The standard InChI is InChI=1S/C9H11BrFNOS/c1-14-9-6(10)2-5(3-7(9)11)8(13)4-12/h2-3,8,13H,4,12H2,1H3. The molecule has 0 aromatic heterocycles. The van der Waals surface area contributed by atoms with Gasteiger partial charge in [-0.25, -0.2) is 4.39 Å². The van der Waals surface area contributed by atoms with Crippen molar-refractivity contribution in [2.75, 3.05) is 12.8 Å². The second kappa shape index (κ2) is 5.11. The van der Waals surface area contributed by atoms with Crippen molar-refractivity contribution in [2.45, 2.75) is 11.0 Å². The molecule has 3 N–H and O–H groups in total. The molecule has 0 spiro atoms.